The van der Waals surface area contributed by atoms with Crippen LogP contribution in [0.4, 0.5) is 8.78 Å². The molecule has 0 spiro atoms. The van der Waals surface area contributed by atoms with Crippen molar-refractivity contribution in [2.75, 3.05) is 0 Å². The van der Waals surface area contributed by atoms with E-state index >= 15 is 0 Å². The Bertz CT molecular complexity index is 590. The third-order valence-electron chi connectivity index (χ3n) is 7.96. The van der Waals surface area contributed by atoms with Gasteiger partial charge in [0.2, 0.25) is 0 Å². The number of hydrogen-bond acceptors (Lipinski definition) is 0. The summed E-state index contributed by atoms with van der Waals surface area (Å²) in [6, 6.07) is 7.21. The highest BCUT2D eigenvalue weighted by Gasteiger charge is 2.25. The highest BCUT2D eigenvalue weighted by molar-refractivity contribution is 5.20. The second-order valence-corrected chi connectivity index (χ2v) is 10.1. The summed E-state index contributed by atoms with van der Waals surface area (Å²) >= 11 is 0. The summed E-state index contributed by atoms with van der Waals surface area (Å²) in [6.07, 6.45) is 23.7. The molecule has 1 aromatic carbocycles. The van der Waals surface area contributed by atoms with Gasteiger partial charge in [-0.05, 0) is 79.9 Å². The van der Waals surface area contributed by atoms with E-state index in [1.165, 1.54) is 95.5 Å². The number of hydrogen-bond donors (Lipinski definition) is 0. The molecule has 2 heteroatoms. The van der Waals surface area contributed by atoms with Crippen LogP contribution < -0.4 is 0 Å². The molecule has 0 N–H and O–H groups in total. The second-order valence-electron chi connectivity index (χ2n) is 10.1. The van der Waals surface area contributed by atoms with Gasteiger partial charge in [-0.2, -0.15) is 0 Å². The van der Waals surface area contributed by atoms with E-state index in [0.717, 1.165) is 30.6 Å². The lowest BCUT2D eigenvalue weighted by molar-refractivity contribution is 0.222. The first-order valence-electron chi connectivity index (χ1n) is 12.7. The van der Waals surface area contributed by atoms with Gasteiger partial charge in [-0.1, -0.05) is 82.4 Å². The van der Waals surface area contributed by atoms with Crippen molar-refractivity contribution in [1.82, 2.24) is 0 Å². The molecular formula is C28H42F2. The van der Waals surface area contributed by atoms with Gasteiger partial charge in [0.15, 0.2) is 0 Å². The summed E-state index contributed by atoms with van der Waals surface area (Å²) in [5.41, 5.74) is 1.34. The van der Waals surface area contributed by atoms with E-state index in [0.29, 0.717) is 12.2 Å². The minimum absolute atomic E-state index is 0.120. The van der Waals surface area contributed by atoms with Crippen LogP contribution in [0.2, 0.25) is 0 Å². The molecule has 0 amide bonds. The molecule has 1 aromatic rings. The first-order chi connectivity index (χ1) is 14.7. The summed E-state index contributed by atoms with van der Waals surface area (Å²) in [5, 5.41) is 0. The highest BCUT2D eigenvalue weighted by Crippen LogP contribution is 2.40. The lowest BCUT2D eigenvalue weighted by Crippen LogP contribution is -2.17. The minimum atomic E-state index is -0.120. The minimum Gasteiger partial charge on any atom is -0.216 e. The SMILES string of the molecule is F/C=C/CCCCCC[C@H]1CC[C@H](CC[C@H]2CC[C@H](c3ccc(F)cc3)CC2)CC1. The van der Waals surface area contributed by atoms with Crippen LogP contribution in [0.5, 0.6) is 0 Å². The summed E-state index contributed by atoms with van der Waals surface area (Å²) in [5.74, 6) is 3.40. The van der Waals surface area contributed by atoms with Crippen LogP contribution in [0, 0.1) is 23.6 Å². The van der Waals surface area contributed by atoms with E-state index in [4.69, 9.17) is 0 Å². The van der Waals surface area contributed by atoms with E-state index in [1.807, 2.05) is 12.1 Å². The maximum atomic E-state index is 13.1. The molecule has 0 aromatic heterocycles. The Labute approximate surface area is 183 Å². The maximum Gasteiger partial charge on any atom is 0.123 e. The lowest BCUT2D eigenvalue weighted by atomic mass is 9.74. The summed E-state index contributed by atoms with van der Waals surface area (Å²) < 4.78 is 25.0. The summed E-state index contributed by atoms with van der Waals surface area (Å²) in [4.78, 5) is 0. The molecule has 0 atom stereocenters. The van der Waals surface area contributed by atoms with Crippen LogP contribution in [-0.4, -0.2) is 0 Å². The van der Waals surface area contributed by atoms with E-state index in [-0.39, 0.29) is 5.82 Å². The molecular weight excluding hydrogens is 374 g/mol. The second kappa shape index (κ2) is 13.3. The van der Waals surface area contributed by atoms with Gasteiger partial charge in [0.05, 0.1) is 6.33 Å². The molecule has 0 heterocycles. The predicted molar refractivity (Wildman–Crippen MR) is 124 cm³/mol. The van der Waals surface area contributed by atoms with E-state index in [9.17, 15) is 8.78 Å². The van der Waals surface area contributed by atoms with Crippen molar-refractivity contribution < 1.29 is 8.78 Å². The Morgan fingerprint density at radius 3 is 1.80 bits per heavy atom. The third kappa shape index (κ3) is 8.16. The van der Waals surface area contributed by atoms with Crippen LogP contribution in [0.3, 0.4) is 0 Å². The van der Waals surface area contributed by atoms with E-state index in [2.05, 4.69) is 0 Å². The van der Waals surface area contributed by atoms with E-state index in [1.54, 1.807) is 18.2 Å². The molecule has 3 rings (SSSR count). The predicted octanol–water partition coefficient (Wildman–Crippen LogP) is 9.51. The van der Waals surface area contributed by atoms with Crippen molar-refractivity contribution in [3.63, 3.8) is 0 Å². The van der Waals surface area contributed by atoms with Gasteiger partial charge < -0.3 is 0 Å². The highest BCUT2D eigenvalue weighted by atomic mass is 19.1. The van der Waals surface area contributed by atoms with E-state index < -0.39 is 0 Å². The average molecular weight is 417 g/mol. The van der Waals surface area contributed by atoms with Gasteiger partial charge in [0.1, 0.15) is 5.82 Å². The van der Waals surface area contributed by atoms with Gasteiger partial charge >= 0.3 is 0 Å². The van der Waals surface area contributed by atoms with Gasteiger partial charge in [0, 0.05) is 0 Å². The number of allylic oxidation sites excluding steroid dienone is 1. The molecule has 0 unspecified atom stereocenters. The van der Waals surface area contributed by atoms with Crippen molar-refractivity contribution in [2.45, 2.75) is 109 Å². The molecule has 2 aliphatic rings. The first kappa shape index (κ1) is 23.5. The average Bonchev–Trinajstić information content (AvgIpc) is 2.79. The zero-order valence-electron chi connectivity index (χ0n) is 18.8. The molecule has 0 bridgehead atoms. The summed E-state index contributed by atoms with van der Waals surface area (Å²) in [6.45, 7) is 0. The Balaban J connectivity index is 1.22. The van der Waals surface area contributed by atoms with Crippen molar-refractivity contribution in [2.24, 2.45) is 17.8 Å². The zero-order valence-corrected chi connectivity index (χ0v) is 18.8. The molecule has 0 saturated heterocycles. The lowest BCUT2D eigenvalue weighted by Gasteiger charge is -2.32. The Morgan fingerprint density at radius 1 is 0.667 bits per heavy atom. The van der Waals surface area contributed by atoms with Crippen LogP contribution in [0.25, 0.3) is 0 Å². The number of unbranched alkanes of at least 4 members (excludes halogenated alkanes) is 4. The monoisotopic (exact) mass is 416 g/mol. The van der Waals surface area contributed by atoms with Crippen LogP contribution in [0.1, 0.15) is 114 Å². The fourth-order valence-electron chi connectivity index (χ4n) is 5.91. The van der Waals surface area contributed by atoms with Crippen molar-refractivity contribution in [3.05, 3.63) is 48.1 Å². The topological polar surface area (TPSA) is 0 Å². The maximum absolute atomic E-state index is 13.1. The van der Waals surface area contributed by atoms with Crippen LogP contribution in [-0.2, 0) is 0 Å². The third-order valence-corrected chi connectivity index (χ3v) is 7.96. The van der Waals surface area contributed by atoms with Gasteiger partial charge in [0.25, 0.3) is 0 Å². The van der Waals surface area contributed by atoms with Gasteiger partial charge in [-0.15, -0.1) is 0 Å². The Kier molecular flexibility index (Phi) is 10.4. The fraction of sp³-hybridized carbons (Fsp3) is 0.714. The van der Waals surface area contributed by atoms with Crippen LogP contribution in [0.15, 0.2) is 36.7 Å². The number of halogens is 2. The van der Waals surface area contributed by atoms with Crippen molar-refractivity contribution in [3.8, 4) is 0 Å². The summed E-state index contributed by atoms with van der Waals surface area (Å²) in [7, 11) is 0. The van der Waals surface area contributed by atoms with Gasteiger partial charge in [-0.25, -0.2) is 8.78 Å². The fourth-order valence-corrected chi connectivity index (χ4v) is 5.91. The largest absolute Gasteiger partial charge is 0.216 e. The van der Waals surface area contributed by atoms with Crippen LogP contribution >= 0.6 is 0 Å². The number of benzene rings is 1. The Hall–Kier alpha value is -1.18. The number of rotatable bonds is 11. The molecule has 30 heavy (non-hydrogen) atoms. The molecule has 2 aliphatic carbocycles. The molecule has 2 fully saturated rings. The molecule has 0 nitrogen and oxygen atoms in total. The molecule has 0 radical (unpaired) electrons. The zero-order chi connectivity index (χ0) is 21.0. The molecule has 2 saturated carbocycles. The van der Waals surface area contributed by atoms with Crippen molar-refractivity contribution in [1.29, 1.82) is 0 Å². The molecule has 0 aliphatic heterocycles. The quantitative estimate of drug-likeness (QED) is 0.315. The normalized spacial score (nSPS) is 27.5. The smallest absolute Gasteiger partial charge is 0.123 e. The first-order valence-corrected chi connectivity index (χ1v) is 12.7. The molecule has 168 valence electrons. The standard InChI is InChI=1S/C28H42F2/c29-22-6-4-2-1-3-5-7-23-8-10-24(11-9-23)12-13-25-14-16-26(17-15-25)27-18-20-28(30)21-19-27/h6,18-26H,1-5,7-17H2/b22-6+/t23-,24-,25-,26-. The Morgan fingerprint density at radius 2 is 1.20 bits per heavy atom. The van der Waals surface area contributed by atoms with Gasteiger partial charge in [-0.3, -0.25) is 0 Å². The van der Waals surface area contributed by atoms with Crippen molar-refractivity contribution >= 4 is 0 Å².